The fourth-order valence-electron chi connectivity index (χ4n) is 1.51. The van der Waals surface area contributed by atoms with Crippen molar-refractivity contribution in [2.75, 3.05) is 26.8 Å². The Balaban J connectivity index is 2.58. The summed E-state index contributed by atoms with van der Waals surface area (Å²) in [5.74, 6) is -2.41. The van der Waals surface area contributed by atoms with E-state index in [0.717, 1.165) is 4.90 Å². The lowest BCUT2D eigenvalue weighted by Crippen LogP contribution is -2.57. The second-order valence-electron chi connectivity index (χ2n) is 3.95. The smallest absolute Gasteiger partial charge is 0.326 e. The van der Waals surface area contributed by atoms with Crippen LogP contribution in [0.1, 0.15) is 6.42 Å². The van der Waals surface area contributed by atoms with Gasteiger partial charge in [0.1, 0.15) is 19.1 Å². The van der Waals surface area contributed by atoms with E-state index in [1.807, 2.05) is 5.32 Å². The van der Waals surface area contributed by atoms with E-state index in [0.29, 0.717) is 0 Å². The van der Waals surface area contributed by atoms with Crippen LogP contribution in [0, 0.1) is 0 Å². The maximum atomic E-state index is 11.7. The molecular formula is C10H15N3O6. The maximum Gasteiger partial charge on any atom is 0.326 e. The molecule has 0 aromatic heterocycles. The van der Waals surface area contributed by atoms with Crippen molar-refractivity contribution in [3.8, 4) is 0 Å². The van der Waals surface area contributed by atoms with Crippen molar-refractivity contribution < 1.29 is 29.0 Å². The summed E-state index contributed by atoms with van der Waals surface area (Å²) in [7, 11) is 1.41. The number of nitrogens with one attached hydrogen (secondary N) is 2. The van der Waals surface area contributed by atoms with Gasteiger partial charge in [-0.2, -0.15) is 0 Å². The van der Waals surface area contributed by atoms with Crippen LogP contribution in [0.5, 0.6) is 0 Å². The molecule has 4 amide bonds. The fourth-order valence-corrected chi connectivity index (χ4v) is 1.51. The Morgan fingerprint density at radius 3 is 2.47 bits per heavy atom. The van der Waals surface area contributed by atoms with E-state index in [1.54, 1.807) is 0 Å². The number of piperazine rings is 1. The third-order valence-electron chi connectivity index (χ3n) is 2.44. The molecule has 1 unspecified atom stereocenters. The van der Waals surface area contributed by atoms with Gasteiger partial charge in [0.15, 0.2) is 0 Å². The Morgan fingerprint density at radius 1 is 1.42 bits per heavy atom. The minimum atomic E-state index is -1.21. The van der Waals surface area contributed by atoms with Gasteiger partial charge in [-0.3, -0.25) is 14.9 Å². The van der Waals surface area contributed by atoms with Crippen LogP contribution in [0.2, 0.25) is 0 Å². The SMILES string of the molecule is COCCC(NC(=O)N1CC(=O)NC(=O)C1)C(=O)O. The zero-order chi connectivity index (χ0) is 14.4. The standard InChI is InChI=1S/C10H15N3O6/c1-19-3-2-6(9(16)17)11-10(18)13-4-7(14)12-8(15)5-13/h6H,2-5H2,1H3,(H,11,18)(H,16,17)(H,12,14,15). The second-order valence-corrected chi connectivity index (χ2v) is 3.95. The van der Waals surface area contributed by atoms with Crippen molar-refractivity contribution in [1.82, 2.24) is 15.5 Å². The molecule has 9 nitrogen and oxygen atoms in total. The molecule has 1 heterocycles. The predicted molar refractivity (Wildman–Crippen MR) is 61.2 cm³/mol. The van der Waals surface area contributed by atoms with Crippen molar-refractivity contribution in [3.63, 3.8) is 0 Å². The van der Waals surface area contributed by atoms with E-state index in [9.17, 15) is 19.2 Å². The summed E-state index contributed by atoms with van der Waals surface area (Å²) in [6.07, 6.45) is 0.0888. The lowest BCUT2D eigenvalue weighted by atomic mass is 10.2. The summed E-state index contributed by atoms with van der Waals surface area (Å²) in [4.78, 5) is 45.8. The zero-order valence-corrected chi connectivity index (χ0v) is 10.3. The van der Waals surface area contributed by atoms with E-state index >= 15 is 0 Å². The number of carboxylic acids is 1. The molecule has 0 aliphatic carbocycles. The van der Waals surface area contributed by atoms with Crippen LogP contribution < -0.4 is 10.6 Å². The highest BCUT2D eigenvalue weighted by Gasteiger charge is 2.29. The van der Waals surface area contributed by atoms with Gasteiger partial charge in [-0.25, -0.2) is 9.59 Å². The van der Waals surface area contributed by atoms with E-state index in [1.165, 1.54) is 7.11 Å². The molecule has 1 fully saturated rings. The number of amides is 4. The number of methoxy groups -OCH3 is 1. The van der Waals surface area contributed by atoms with Crippen molar-refractivity contribution in [1.29, 1.82) is 0 Å². The Hall–Kier alpha value is -2.16. The number of hydrogen-bond donors (Lipinski definition) is 3. The molecule has 0 saturated carbocycles. The van der Waals surface area contributed by atoms with E-state index < -0.39 is 29.9 Å². The van der Waals surface area contributed by atoms with Gasteiger partial charge < -0.3 is 20.1 Å². The van der Waals surface area contributed by atoms with E-state index in [-0.39, 0.29) is 26.1 Å². The maximum absolute atomic E-state index is 11.7. The molecule has 1 aliphatic heterocycles. The van der Waals surface area contributed by atoms with Gasteiger partial charge in [-0.1, -0.05) is 0 Å². The molecule has 19 heavy (non-hydrogen) atoms. The molecule has 0 aromatic rings. The van der Waals surface area contributed by atoms with Crippen LogP contribution in [0.15, 0.2) is 0 Å². The molecular weight excluding hydrogens is 258 g/mol. The average molecular weight is 273 g/mol. The van der Waals surface area contributed by atoms with Crippen LogP contribution >= 0.6 is 0 Å². The normalized spacial score (nSPS) is 16.8. The molecule has 1 atom stereocenters. The second kappa shape index (κ2) is 6.69. The molecule has 3 N–H and O–H groups in total. The highest BCUT2D eigenvalue weighted by atomic mass is 16.5. The summed E-state index contributed by atoms with van der Waals surface area (Å²) in [5.41, 5.74) is 0. The summed E-state index contributed by atoms with van der Waals surface area (Å²) >= 11 is 0. The first-order valence-electron chi connectivity index (χ1n) is 5.54. The van der Waals surface area contributed by atoms with Crippen molar-refractivity contribution in [2.45, 2.75) is 12.5 Å². The van der Waals surface area contributed by atoms with Crippen LogP contribution in [0.25, 0.3) is 0 Å². The molecule has 1 saturated heterocycles. The predicted octanol–water partition coefficient (Wildman–Crippen LogP) is -1.86. The van der Waals surface area contributed by atoms with Crippen molar-refractivity contribution in [2.24, 2.45) is 0 Å². The van der Waals surface area contributed by atoms with E-state index in [2.05, 4.69) is 5.32 Å². The minimum Gasteiger partial charge on any atom is -0.480 e. The van der Waals surface area contributed by atoms with Gasteiger partial charge in [0, 0.05) is 20.1 Å². The highest BCUT2D eigenvalue weighted by Crippen LogP contribution is 1.99. The van der Waals surface area contributed by atoms with Crippen LogP contribution in [0.4, 0.5) is 4.79 Å². The van der Waals surface area contributed by atoms with Crippen LogP contribution in [0.3, 0.4) is 0 Å². The number of carbonyl (C=O) groups is 4. The quantitative estimate of drug-likeness (QED) is 0.505. The third-order valence-corrected chi connectivity index (χ3v) is 2.44. The third kappa shape index (κ3) is 4.54. The molecule has 106 valence electrons. The first-order chi connectivity index (χ1) is 8.93. The fraction of sp³-hybridized carbons (Fsp3) is 0.600. The Morgan fingerprint density at radius 2 is 2.00 bits per heavy atom. The number of ether oxygens (including phenoxy) is 1. The topological polar surface area (TPSA) is 125 Å². The summed E-state index contributed by atoms with van der Waals surface area (Å²) in [5, 5.41) is 13.2. The summed E-state index contributed by atoms with van der Waals surface area (Å²) in [6, 6.07) is -1.90. The van der Waals surface area contributed by atoms with Gasteiger partial charge in [0.25, 0.3) is 0 Å². The molecule has 0 radical (unpaired) electrons. The lowest BCUT2D eigenvalue weighted by Gasteiger charge is -2.27. The number of aliphatic carboxylic acids is 1. The van der Waals surface area contributed by atoms with Gasteiger partial charge in [-0.15, -0.1) is 0 Å². The monoisotopic (exact) mass is 273 g/mol. The summed E-state index contributed by atoms with van der Waals surface area (Å²) in [6.45, 7) is -0.404. The van der Waals surface area contributed by atoms with Crippen LogP contribution in [-0.4, -0.2) is 66.7 Å². The Bertz CT molecular complexity index is 381. The minimum absolute atomic E-state index is 0.0888. The number of nitrogens with zero attached hydrogens (tertiary/aromatic N) is 1. The number of urea groups is 1. The molecule has 1 rings (SSSR count). The van der Waals surface area contributed by atoms with Gasteiger partial charge in [0.05, 0.1) is 0 Å². The molecule has 0 spiro atoms. The highest BCUT2D eigenvalue weighted by molar-refractivity contribution is 6.02. The van der Waals surface area contributed by atoms with Gasteiger partial charge in [-0.05, 0) is 0 Å². The number of hydrogen-bond acceptors (Lipinski definition) is 5. The number of carboxylic acid groups (broad SMARTS) is 1. The Labute approximate surface area is 108 Å². The molecule has 0 bridgehead atoms. The largest absolute Gasteiger partial charge is 0.480 e. The van der Waals surface area contributed by atoms with Crippen LogP contribution in [-0.2, 0) is 19.1 Å². The lowest BCUT2D eigenvalue weighted by molar-refractivity contribution is -0.139. The van der Waals surface area contributed by atoms with Gasteiger partial charge in [0.2, 0.25) is 11.8 Å². The molecule has 1 aliphatic rings. The van der Waals surface area contributed by atoms with Crippen molar-refractivity contribution >= 4 is 23.8 Å². The Kier molecular flexibility index (Phi) is 5.24. The first kappa shape index (κ1) is 14.9. The molecule has 0 aromatic carbocycles. The average Bonchev–Trinajstić information content (AvgIpc) is 2.32. The summed E-state index contributed by atoms with van der Waals surface area (Å²) < 4.78 is 4.74. The first-order valence-corrected chi connectivity index (χ1v) is 5.54. The number of imide groups is 1. The number of rotatable bonds is 5. The number of carbonyl (C=O) groups excluding carboxylic acids is 3. The van der Waals surface area contributed by atoms with E-state index in [4.69, 9.17) is 9.84 Å². The van der Waals surface area contributed by atoms with Gasteiger partial charge >= 0.3 is 12.0 Å². The zero-order valence-electron chi connectivity index (χ0n) is 10.3. The molecule has 9 heteroatoms. The van der Waals surface area contributed by atoms with Crippen molar-refractivity contribution in [3.05, 3.63) is 0 Å².